The molecular formula is C13H18N4O2S2. The molecule has 1 saturated carbocycles. The lowest BCUT2D eigenvalue weighted by atomic mass is 9.85. The quantitative estimate of drug-likeness (QED) is 0.661. The molecule has 0 radical (unpaired) electrons. The van der Waals surface area contributed by atoms with Crippen LogP contribution in [0.4, 0.5) is 5.13 Å². The molecule has 1 aliphatic carbocycles. The summed E-state index contributed by atoms with van der Waals surface area (Å²) in [5, 5.41) is 11.3. The zero-order valence-electron chi connectivity index (χ0n) is 11.7. The van der Waals surface area contributed by atoms with E-state index in [0.717, 1.165) is 49.5 Å². The maximum absolute atomic E-state index is 11.9. The third-order valence-corrected chi connectivity index (χ3v) is 5.85. The highest BCUT2D eigenvalue weighted by molar-refractivity contribution is 8.01. The van der Waals surface area contributed by atoms with Crippen molar-refractivity contribution in [1.29, 1.82) is 0 Å². The molecule has 1 aliphatic heterocycles. The van der Waals surface area contributed by atoms with Crippen molar-refractivity contribution >= 4 is 40.0 Å². The van der Waals surface area contributed by atoms with Crippen LogP contribution in [0.3, 0.4) is 0 Å². The van der Waals surface area contributed by atoms with Crippen LogP contribution < -0.4 is 5.32 Å². The number of aromatic nitrogens is 2. The summed E-state index contributed by atoms with van der Waals surface area (Å²) in [7, 11) is 0. The molecule has 21 heavy (non-hydrogen) atoms. The van der Waals surface area contributed by atoms with Gasteiger partial charge in [-0.25, -0.2) is 0 Å². The zero-order chi connectivity index (χ0) is 14.7. The Hall–Kier alpha value is -1.15. The number of rotatable bonds is 5. The number of hydrogen-bond acceptors (Lipinski definition) is 6. The SMILES string of the molecule is O=C(Nc1nnc(SCC(=O)N2CCCC2)s1)C1CCC1. The average molecular weight is 326 g/mol. The molecule has 1 aromatic rings. The van der Waals surface area contributed by atoms with Crippen molar-refractivity contribution in [2.75, 3.05) is 24.2 Å². The van der Waals surface area contributed by atoms with Crippen LogP contribution in [0, 0.1) is 5.92 Å². The van der Waals surface area contributed by atoms with Crippen molar-refractivity contribution in [2.45, 2.75) is 36.4 Å². The Kier molecular flexibility index (Phi) is 4.74. The van der Waals surface area contributed by atoms with E-state index in [1.807, 2.05) is 4.90 Å². The lowest BCUT2D eigenvalue weighted by Crippen LogP contribution is -2.29. The van der Waals surface area contributed by atoms with E-state index in [0.29, 0.717) is 10.9 Å². The molecule has 2 fully saturated rings. The first-order chi connectivity index (χ1) is 10.2. The lowest BCUT2D eigenvalue weighted by Gasteiger charge is -2.23. The fourth-order valence-electron chi connectivity index (χ4n) is 2.38. The van der Waals surface area contributed by atoms with Gasteiger partial charge in [-0.05, 0) is 25.7 Å². The van der Waals surface area contributed by atoms with Crippen molar-refractivity contribution in [2.24, 2.45) is 5.92 Å². The van der Waals surface area contributed by atoms with Crippen LogP contribution in [0.1, 0.15) is 32.1 Å². The van der Waals surface area contributed by atoms with E-state index in [-0.39, 0.29) is 17.7 Å². The molecule has 1 aromatic heterocycles. The smallest absolute Gasteiger partial charge is 0.233 e. The summed E-state index contributed by atoms with van der Waals surface area (Å²) in [6.07, 6.45) is 5.28. The average Bonchev–Trinajstić information content (AvgIpc) is 3.04. The van der Waals surface area contributed by atoms with Crippen LogP contribution >= 0.6 is 23.1 Å². The number of nitrogens with one attached hydrogen (secondary N) is 1. The standard InChI is InChI=1S/C13H18N4O2S2/c18-10(17-6-1-2-7-17)8-20-13-16-15-12(21-13)14-11(19)9-4-3-5-9/h9H,1-8H2,(H,14,15,19). The number of hydrogen-bond donors (Lipinski definition) is 1. The molecular weight excluding hydrogens is 308 g/mol. The number of likely N-dealkylation sites (tertiary alicyclic amines) is 1. The van der Waals surface area contributed by atoms with Crippen molar-refractivity contribution < 1.29 is 9.59 Å². The molecule has 6 nitrogen and oxygen atoms in total. The molecule has 8 heteroatoms. The first-order valence-corrected chi connectivity index (χ1v) is 9.07. The van der Waals surface area contributed by atoms with Crippen LogP contribution in [0.5, 0.6) is 0 Å². The van der Waals surface area contributed by atoms with E-state index < -0.39 is 0 Å². The molecule has 0 bridgehead atoms. The van der Waals surface area contributed by atoms with Crippen molar-refractivity contribution in [3.63, 3.8) is 0 Å². The predicted octanol–water partition coefficient (Wildman–Crippen LogP) is 1.99. The molecule has 0 aromatic carbocycles. The summed E-state index contributed by atoms with van der Waals surface area (Å²) in [5.41, 5.74) is 0. The van der Waals surface area contributed by atoms with Crippen molar-refractivity contribution in [3.05, 3.63) is 0 Å². The van der Waals surface area contributed by atoms with E-state index in [1.165, 1.54) is 23.1 Å². The van der Waals surface area contributed by atoms with Gasteiger partial charge in [0.2, 0.25) is 16.9 Å². The number of thioether (sulfide) groups is 1. The normalized spacial score (nSPS) is 18.6. The Bertz CT molecular complexity index is 524. The van der Waals surface area contributed by atoms with Gasteiger partial charge in [-0.3, -0.25) is 9.59 Å². The van der Waals surface area contributed by atoms with Gasteiger partial charge in [-0.2, -0.15) is 0 Å². The van der Waals surface area contributed by atoms with Gasteiger partial charge >= 0.3 is 0 Å². The van der Waals surface area contributed by atoms with Gasteiger partial charge in [0.25, 0.3) is 0 Å². The van der Waals surface area contributed by atoms with Crippen LogP contribution in [0.15, 0.2) is 4.34 Å². The first-order valence-electron chi connectivity index (χ1n) is 7.27. The molecule has 1 saturated heterocycles. The van der Waals surface area contributed by atoms with Crippen LogP contribution in [-0.4, -0.2) is 45.8 Å². The molecule has 1 N–H and O–H groups in total. The van der Waals surface area contributed by atoms with Gasteiger partial charge in [-0.1, -0.05) is 29.5 Å². The Morgan fingerprint density at radius 3 is 2.67 bits per heavy atom. The van der Waals surface area contributed by atoms with Gasteiger partial charge < -0.3 is 10.2 Å². The van der Waals surface area contributed by atoms with E-state index in [4.69, 9.17) is 0 Å². The maximum atomic E-state index is 11.9. The lowest BCUT2D eigenvalue weighted by molar-refractivity contribution is -0.127. The molecule has 0 unspecified atom stereocenters. The summed E-state index contributed by atoms with van der Waals surface area (Å²) in [5.74, 6) is 0.738. The number of carbonyl (C=O) groups excluding carboxylic acids is 2. The highest BCUT2D eigenvalue weighted by Crippen LogP contribution is 2.30. The summed E-state index contributed by atoms with van der Waals surface area (Å²) >= 11 is 2.73. The fourth-order valence-corrected chi connectivity index (χ4v) is 4.04. The minimum absolute atomic E-state index is 0.0436. The van der Waals surface area contributed by atoms with Gasteiger partial charge in [0, 0.05) is 19.0 Å². The van der Waals surface area contributed by atoms with E-state index in [9.17, 15) is 9.59 Å². The number of nitrogens with zero attached hydrogens (tertiary/aromatic N) is 3. The Balaban J connectivity index is 1.45. The fraction of sp³-hybridized carbons (Fsp3) is 0.692. The number of anilines is 1. The molecule has 2 aliphatic rings. The van der Waals surface area contributed by atoms with Crippen LogP contribution in [0.2, 0.25) is 0 Å². The van der Waals surface area contributed by atoms with Gasteiger partial charge in [0.1, 0.15) is 0 Å². The summed E-state index contributed by atoms with van der Waals surface area (Å²) in [4.78, 5) is 25.6. The van der Waals surface area contributed by atoms with Gasteiger partial charge in [0.15, 0.2) is 4.34 Å². The Labute approximate surface area is 131 Å². The second-order valence-corrected chi connectivity index (χ2v) is 7.57. The van der Waals surface area contributed by atoms with E-state index >= 15 is 0 Å². The molecule has 3 rings (SSSR count). The second kappa shape index (κ2) is 6.74. The number of carbonyl (C=O) groups is 2. The third-order valence-electron chi connectivity index (χ3n) is 3.89. The van der Waals surface area contributed by atoms with E-state index in [2.05, 4.69) is 15.5 Å². The summed E-state index contributed by atoms with van der Waals surface area (Å²) in [6, 6.07) is 0. The summed E-state index contributed by atoms with van der Waals surface area (Å²) in [6.45, 7) is 1.75. The third kappa shape index (κ3) is 3.74. The Morgan fingerprint density at radius 1 is 1.24 bits per heavy atom. The van der Waals surface area contributed by atoms with Crippen LogP contribution in [-0.2, 0) is 9.59 Å². The highest BCUT2D eigenvalue weighted by atomic mass is 32.2. The zero-order valence-corrected chi connectivity index (χ0v) is 13.3. The van der Waals surface area contributed by atoms with Gasteiger partial charge in [-0.15, -0.1) is 10.2 Å². The maximum Gasteiger partial charge on any atom is 0.233 e. The second-order valence-electron chi connectivity index (χ2n) is 5.37. The summed E-state index contributed by atoms with van der Waals surface area (Å²) < 4.78 is 0.728. The van der Waals surface area contributed by atoms with Crippen molar-refractivity contribution in [1.82, 2.24) is 15.1 Å². The van der Waals surface area contributed by atoms with Crippen molar-refractivity contribution in [3.8, 4) is 0 Å². The largest absolute Gasteiger partial charge is 0.342 e. The highest BCUT2D eigenvalue weighted by Gasteiger charge is 2.26. The van der Waals surface area contributed by atoms with Crippen LogP contribution in [0.25, 0.3) is 0 Å². The number of amides is 2. The van der Waals surface area contributed by atoms with Gasteiger partial charge in [0.05, 0.1) is 5.75 Å². The molecule has 0 spiro atoms. The molecule has 0 atom stereocenters. The molecule has 2 amide bonds. The minimum Gasteiger partial charge on any atom is -0.342 e. The topological polar surface area (TPSA) is 75.2 Å². The Morgan fingerprint density at radius 2 is 2.00 bits per heavy atom. The predicted molar refractivity (Wildman–Crippen MR) is 82.4 cm³/mol. The monoisotopic (exact) mass is 326 g/mol. The van der Waals surface area contributed by atoms with E-state index in [1.54, 1.807) is 0 Å². The first kappa shape index (κ1) is 14.8. The molecule has 2 heterocycles. The minimum atomic E-state index is 0.0436. The molecule has 114 valence electrons.